The first-order valence-electron chi connectivity index (χ1n) is 8.06. The minimum atomic E-state index is -1.09. The average molecular weight is 324 g/mol. The van der Waals surface area contributed by atoms with E-state index in [0.717, 1.165) is 25.3 Å². The lowest BCUT2D eigenvalue weighted by molar-refractivity contribution is -0.131. The van der Waals surface area contributed by atoms with Crippen molar-refractivity contribution in [2.45, 2.75) is 46.5 Å². The summed E-state index contributed by atoms with van der Waals surface area (Å²) in [7, 11) is 0. The number of halogens is 1. The summed E-state index contributed by atoms with van der Waals surface area (Å²) in [6.45, 7) is 6.81. The van der Waals surface area contributed by atoms with Crippen LogP contribution in [-0.2, 0) is 4.79 Å². The predicted octanol–water partition coefficient (Wildman–Crippen LogP) is 4.67. The first-order valence-corrected chi connectivity index (χ1v) is 8.06. The fourth-order valence-electron chi connectivity index (χ4n) is 2.13. The lowest BCUT2D eigenvalue weighted by Gasteiger charge is -2.15. The Balaban J connectivity index is 3.28. The molecule has 1 N–H and O–H groups in total. The fourth-order valence-corrected chi connectivity index (χ4v) is 2.13. The van der Waals surface area contributed by atoms with Gasteiger partial charge in [0.25, 0.3) is 0 Å². The number of hydrogen-bond acceptors (Lipinski definition) is 3. The number of allylic oxidation sites excluding steroid dienone is 1. The normalized spacial score (nSPS) is 11.4. The third-order valence-electron chi connectivity index (χ3n) is 3.12. The molecule has 0 aromatic heterocycles. The Morgan fingerprint density at radius 3 is 2.13 bits per heavy atom. The van der Waals surface area contributed by atoms with Crippen molar-refractivity contribution in [1.82, 2.24) is 0 Å². The maximum absolute atomic E-state index is 14.4. The molecule has 0 aliphatic rings. The van der Waals surface area contributed by atoms with Crippen molar-refractivity contribution in [3.8, 4) is 11.5 Å². The van der Waals surface area contributed by atoms with Gasteiger partial charge in [-0.15, -0.1) is 0 Å². The van der Waals surface area contributed by atoms with Crippen LogP contribution in [0, 0.1) is 5.82 Å². The van der Waals surface area contributed by atoms with Gasteiger partial charge in [0.15, 0.2) is 11.5 Å². The van der Waals surface area contributed by atoms with Gasteiger partial charge in [-0.05, 0) is 30.9 Å². The van der Waals surface area contributed by atoms with Gasteiger partial charge < -0.3 is 14.6 Å². The zero-order valence-electron chi connectivity index (χ0n) is 14.0. The molecule has 5 heteroatoms. The van der Waals surface area contributed by atoms with Crippen LogP contribution in [0.25, 0.3) is 5.57 Å². The van der Waals surface area contributed by atoms with E-state index in [1.165, 1.54) is 6.07 Å². The molecule has 0 unspecified atom stereocenters. The van der Waals surface area contributed by atoms with Crippen molar-refractivity contribution in [3.05, 3.63) is 29.6 Å². The van der Waals surface area contributed by atoms with E-state index in [9.17, 15) is 9.18 Å². The molecule has 0 saturated carbocycles. The summed E-state index contributed by atoms with van der Waals surface area (Å²) in [5.41, 5.74) is 0.699. The minimum absolute atomic E-state index is 0.254. The molecule has 0 aliphatic heterocycles. The number of carboxylic acids is 1. The van der Waals surface area contributed by atoms with Gasteiger partial charge in [0, 0.05) is 17.7 Å². The van der Waals surface area contributed by atoms with Gasteiger partial charge in [-0.1, -0.05) is 27.2 Å². The molecule has 0 fully saturated rings. The topological polar surface area (TPSA) is 55.8 Å². The van der Waals surface area contributed by atoms with E-state index < -0.39 is 11.8 Å². The van der Waals surface area contributed by atoms with E-state index in [2.05, 4.69) is 0 Å². The molecule has 128 valence electrons. The molecule has 1 rings (SSSR count). The Kier molecular flexibility index (Phi) is 8.16. The van der Waals surface area contributed by atoms with Crippen molar-refractivity contribution < 1.29 is 23.8 Å². The molecular formula is C18H25FO4. The molecule has 0 aliphatic carbocycles. The van der Waals surface area contributed by atoms with Crippen LogP contribution in [-0.4, -0.2) is 24.3 Å². The van der Waals surface area contributed by atoms with E-state index in [1.54, 1.807) is 6.07 Å². The van der Waals surface area contributed by atoms with Gasteiger partial charge in [-0.25, -0.2) is 9.18 Å². The highest BCUT2D eigenvalue weighted by molar-refractivity contribution is 5.90. The maximum atomic E-state index is 14.4. The Morgan fingerprint density at radius 1 is 1.09 bits per heavy atom. The van der Waals surface area contributed by atoms with Crippen LogP contribution < -0.4 is 9.47 Å². The van der Waals surface area contributed by atoms with Gasteiger partial charge in [0.1, 0.15) is 5.82 Å². The van der Waals surface area contributed by atoms with E-state index in [1.807, 2.05) is 20.8 Å². The van der Waals surface area contributed by atoms with Crippen LogP contribution in [0.15, 0.2) is 18.2 Å². The van der Waals surface area contributed by atoms with Crippen LogP contribution in [0.5, 0.6) is 11.5 Å². The quantitative estimate of drug-likeness (QED) is 0.635. The zero-order valence-corrected chi connectivity index (χ0v) is 14.0. The second-order valence-electron chi connectivity index (χ2n) is 5.23. The minimum Gasteiger partial charge on any atom is -0.490 e. The Bertz CT molecular complexity index is 552. The first-order chi connectivity index (χ1) is 11.0. The summed E-state index contributed by atoms with van der Waals surface area (Å²) in [4.78, 5) is 11.0. The molecule has 1 aromatic rings. The second kappa shape index (κ2) is 9.87. The summed E-state index contributed by atoms with van der Waals surface area (Å²) in [6, 6.07) is 2.82. The summed E-state index contributed by atoms with van der Waals surface area (Å²) in [5.74, 6) is -0.784. The van der Waals surface area contributed by atoms with Crippen molar-refractivity contribution in [1.29, 1.82) is 0 Å². The Labute approximate surface area is 136 Å². The van der Waals surface area contributed by atoms with Crippen molar-refractivity contribution in [2.75, 3.05) is 13.2 Å². The van der Waals surface area contributed by atoms with Crippen molar-refractivity contribution >= 4 is 11.5 Å². The van der Waals surface area contributed by atoms with E-state index in [4.69, 9.17) is 14.6 Å². The predicted molar refractivity (Wildman–Crippen MR) is 88.5 cm³/mol. The molecule has 0 radical (unpaired) electrons. The third kappa shape index (κ3) is 5.93. The van der Waals surface area contributed by atoms with Gasteiger partial charge in [-0.3, -0.25) is 0 Å². The molecular weight excluding hydrogens is 299 g/mol. The van der Waals surface area contributed by atoms with E-state index in [0.29, 0.717) is 36.7 Å². The number of aliphatic carboxylic acids is 1. The highest BCUT2D eigenvalue weighted by Gasteiger charge is 2.16. The van der Waals surface area contributed by atoms with Crippen LogP contribution >= 0.6 is 0 Å². The summed E-state index contributed by atoms with van der Waals surface area (Å²) in [5, 5.41) is 8.99. The van der Waals surface area contributed by atoms with Crippen LogP contribution in [0.2, 0.25) is 0 Å². The molecule has 0 atom stereocenters. The summed E-state index contributed by atoms with van der Waals surface area (Å²) in [6.07, 6.45) is 3.87. The molecule has 0 saturated heterocycles. The summed E-state index contributed by atoms with van der Waals surface area (Å²) < 4.78 is 25.6. The van der Waals surface area contributed by atoms with Gasteiger partial charge in [0.05, 0.1) is 13.2 Å². The smallest absolute Gasteiger partial charge is 0.328 e. The van der Waals surface area contributed by atoms with Crippen LogP contribution in [0.1, 0.15) is 52.0 Å². The lowest BCUT2D eigenvalue weighted by atomic mass is 9.99. The number of rotatable bonds is 10. The van der Waals surface area contributed by atoms with E-state index >= 15 is 0 Å². The molecule has 0 spiro atoms. The summed E-state index contributed by atoms with van der Waals surface area (Å²) >= 11 is 0. The molecule has 0 heterocycles. The molecule has 4 nitrogen and oxygen atoms in total. The standard InChI is InChI=1S/C18H25FO4/c1-4-7-13(10-18(20)21)14-11-16(22-8-5-2)17(12-15(14)19)23-9-6-3/h10-12H,4-9H2,1-3H3,(H,20,21)/b13-10+. The van der Waals surface area contributed by atoms with Gasteiger partial charge in [0.2, 0.25) is 0 Å². The molecule has 23 heavy (non-hydrogen) atoms. The first kappa shape index (κ1) is 19.0. The molecule has 1 aromatic carbocycles. The zero-order chi connectivity index (χ0) is 17.2. The Hall–Kier alpha value is -2.04. The van der Waals surface area contributed by atoms with Crippen molar-refractivity contribution in [3.63, 3.8) is 0 Å². The van der Waals surface area contributed by atoms with Crippen LogP contribution in [0.3, 0.4) is 0 Å². The van der Waals surface area contributed by atoms with Gasteiger partial charge in [-0.2, -0.15) is 0 Å². The number of hydrogen-bond donors (Lipinski definition) is 1. The number of benzene rings is 1. The van der Waals surface area contributed by atoms with Crippen molar-refractivity contribution in [2.24, 2.45) is 0 Å². The largest absolute Gasteiger partial charge is 0.490 e. The SMILES string of the molecule is CCCOc1cc(F)c(/C(=C/C(=O)O)CCC)cc1OCCC. The Morgan fingerprint density at radius 2 is 1.65 bits per heavy atom. The maximum Gasteiger partial charge on any atom is 0.328 e. The average Bonchev–Trinajstić information content (AvgIpc) is 2.51. The van der Waals surface area contributed by atoms with Gasteiger partial charge >= 0.3 is 5.97 Å². The number of ether oxygens (including phenoxy) is 2. The highest BCUT2D eigenvalue weighted by atomic mass is 19.1. The fraction of sp³-hybridized carbons (Fsp3) is 0.500. The third-order valence-corrected chi connectivity index (χ3v) is 3.12. The van der Waals surface area contributed by atoms with E-state index in [-0.39, 0.29) is 5.56 Å². The molecule has 0 bridgehead atoms. The monoisotopic (exact) mass is 324 g/mol. The second-order valence-corrected chi connectivity index (χ2v) is 5.23. The van der Waals surface area contributed by atoms with Crippen LogP contribution in [0.4, 0.5) is 4.39 Å². The molecule has 0 amide bonds. The number of carbonyl (C=O) groups is 1. The highest BCUT2D eigenvalue weighted by Crippen LogP contribution is 2.35. The number of carboxylic acid groups (broad SMARTS) is 1. The lowest BCUT2D eigenvalue weighted by Crippen LogP contribution is -2.04.